The maximum absolute atomic E-state index is 10.6. The predicted octanol–water partition coefficient (Wildman–Crippen LogP) is 2.89. The van der Waals surface area contributed by atoms with Crippen LogP contribution in [0.4, 0.5) is 0 Å². The average molecular weight is 201 g/mol. The first-order valence-corrected chi connectivity index (χ1v) is 4.96. The molecule has 2 nitrogen and oxygen atoms in total. The lowest BCUT2D eigenvalue weighted by molar-refractivity contribution is 0.112. The monoisotopic (exact) mass is 201 g/mol. The normalized spacial score (nSPS) is 10.0. The number of fused-ring (bicyclic) bond motifs is 1. The predicted molar refractivity (Wildman–Crippen MR) is 56.7 cm³/mol. The molecule has 3 heteroatoms. The lowest BCUT2D eigenvalue weighted by atomic mass is 10.1. The molecule has 0 saturated carbocycles. The number of aldehydes is 1. The van der Waals surface area contributed by atoms with Crippen LogP contribution >= 0.6 is 11.3 Å². The van der Waals surface area contributed by atoms with Crippen LogP contribution < -0.4 is 0 Å². The van der Waals surface area contributed by atoms with Crippen LogP contribution in [0.25, 0.3) is 10.1 Å². The molecule has 1 aromatic carbocycles. The number of hydrogen-bond donors (Lipinski definition) is 0. The van der Waals surface area contributed by atoms with Gasteiger partial charge in [-0.1, -0.05) is 6.07 Å². The van der Waals surface area contributed by atoms with Crippen LogP contribution in [0.1, 0.15) is 20.8 Å². The molecule has 0 unspecified atom stereocenters. The highest BCUT2D eigenvalue weighted by molar-refractivity contribution is 7.19. The Hall–Kier alpha value is -1.66. The molecule has 0 amide bonds. The number of aryl methyl sites for hydroxylation is 1. The van der Waals surface area contributed by atoms with Gasteiger partial charge in [0.1, 0.15) is 17.2 Å². The van der Waals surface area contributed by atoms with Crippen LogP contribution in [-0.4, -0.2) is 6.29 Å². The van der Waals surface area contributed by atoms with E-state index >= 15 is 0 Å². The van der Waals surface area contributed by atoms with Gasteiger partial charge in [0.2, 0.25) is 0 Å². The fourth-order valence-electron chi connectivity index (χ4n) is 1.42. The van der Waals surface area contributed by atoms with Crippen LogP contribution in [0.5, 0.6) is 0 Å². The Bertz CT molecular complexity index is 548. The summed E-state index contributed by atoms with van der Waals surface area (Å²) in [7, 11) is 0. The second-order valence-corrected chi connectivity index (χ2v) is 4.09. The molecule has 2 rings (SSSR count). The number of nitriles is 1. The molecular formula is C11H7NOS. The van der Waals surface area contributed by atoms with Gasteiger partial charge >= 0.3 is 0 Å². The van der Waals surface area contributed by atoms with Crippen molar-refractivity contribution in [2.45, 2.75) is 6.92 Å². The molecule has 0 aliphatic carbocycles. The topological polar surface area (TPSA) is 40.9 Å². The van der Waals surface area contributed by atoms with E-state index in [0.29, 0.717) is 5.56 Å². The van der Waals surface area contributed by atoms with E-state index in [1.807, 2.05) is 19.1 Å². The maximum Gasteiger partial charge on any atom is 0.150 e. The third kappa shape index (κ3) is 1.21. The van der Waals surface area contributed by atoms with Crippen LogP contribution in [0.2, 0.25) is 0 Å². The van der Waals surface area contributed by atoms with Crippen molar-refractivity contribution < 1.29 is 4.79 Å². The second kappa shape index (κ2) is 3.24. The summed E-state index contributed by atoms with van der Waals surface area (Å²) in [6.07, 6.45) is 0.822. The minimum Gasteiger partial charge on any atom is -0.298 e. The van der Waals surface area contributed by atoms with Crippen molar-refractivity contribution in [2.75, 3.05) is 0 Å². The smallest absolute Gasteiger partial charge is 0.150 e. The quantitative estimate of drug-likeness (QED) is 0.665. The Kier molecular flexibility index (Phi) is 2.06. The third-order valence-electron chi connectivity index (χ3n) is 2.20. The van der Waals surface area contributed by atoms with E-state index in [1.54, 1.807) is 6.07 Å². The molecule has 0 bridgehead atoms. The molecule has 0 aliphatic rings. The Morgan fingerprint density at radius 1 is 1.50 bits per heavy atom. The average Bonchev–Trinajstić information content (AvgIpc) is 2.55. The van der Waals surface area contributed by atoms with Gasteiger partial charge < -0.3 is 0 Å². The van der Waals surface area contributed by atoms with Gasteiger partial charge in [-0.15, -0.1) is 11.3 Å². The summed E-state index contributed by atoms with van der Waals surface area (Å²) in [5, 5.41) is 9.85. The number of rotatable bonds is 1. The molecule has 1 aromatic heterocycles. The molecular weight excluding hydrogens is 194 g/mol. The lowest BCUT2D eigenvalue weighted by Crippen LogP contribution is -1.78. The van der Waals surface area contributed by atoms with Crippen LogP contribution in [0, 0.1) is 18.3 Å². The number of carbonyl (C=O) groups excluding carboxylic acids is 1. The van der Waals surface area contributed by atoms with Crippen molar-refractivity contribution in [3.63, 3.8) is 0 Å². The summed E-state index contributed by atoms with van der Waals surface area (Å²) in [6.45, 7) is 1.91. The lowest BCUT2D eigenvalue weighted by Gasteiger charge is -1.92. The van der Waals surface area contributed by atoms with E-state index < -0.39 is 0 Å². The Morgan fingerprint density at radius 2 is 2.29 bits per heavy atom. The summed E-state index contributed by atoms with van der Waals surface area (Å²) in [5.41, 5.74) is 1.62. The molecule has 0 saturated heterocycles. The second-order valence-electron chi connectivity index (χ2n) is 3.04. The van der Waals surface area contributed by atoms with Crippen LogP contribution in [0.3, 0.4) is 0 Å². The molecule has 0 aliphatic heterocycles. The molecule has 0 radical (unpaired) electrons. The van der Waals surface area contributed by atoms with Gasteiger partial charge in [-0.05, 0) is 30.0 Å². The number of hydrogen-bond acceptors (Lipinski definition) is 3. The highest BCUT2D eigenvalue weighted by Gasteiger charge is 2.07. The number of thiophene rings is 1. The van der Waals surface area contributed by atoms with Gasteiger partial charge in [0.25, 0.3) is 0 Å². The van der Waals surface area contributed by atoms with Crippen molar-refractivity contribution in [2.24, 2.45) is 0 Å². The zero-order chi connectivity index (χ0) is 10.1. The van der Waals surface area contributed by atoms with Gasteiger partial charge in [0, 0.05) is 10.3 Å². The third-order valence-corrected chi connectivity index (χ3v) is 3.38. The van der Waals surface area contributed by atoms with E-state index in [4.69, 9.17) is 5.26 Å². The summed E-state index contributed by atoms with van der Waals surface area (Å²) in [4.78, 5) is 11.3. The van der Waals surface area contributed by atoms with E-state index in [1.165, 1.54) is 11.3 Å². The van der Waals surface area contributed by atoms with Gasteiger partial charge in [-0.25, -0.2) is 0 Å². The highest BCUT2D eigenvalue weighted by atomic mass is 32.1. The van der Waals surface area contributed by atoms with E-state index in [0.717, 1.165) is 26.8 Å². The number of benzene rings is 1. The highest BCUT2D eigenvalue weighted by Crippen LogP contribution is 2.30. The zero-order valence-electron chi connectivity index (χ0n) is 7.57. The van der Waals surface area contributed by atoms with Crippen LogP contribution in [-0.2, 0) is 0 Å². The maximum atomic E-state index is 10.6. The van der Waals surface area contributed by atoms with Crippen molar-refractivity contribution in [1.82, 2.24) is 0 Å². The number of nitrogens with zero attached hydrogens (tertiary/aromatic N) is 1. The molecule has 68 valence electrons. The summed E-state index contributed by atoms with van der Waals surface area (Å²) < 4.78 is 1.06. The van der Waals surface area contributed by atoms with Gasteiger partial charge in [-0.3, -0.25) is 4.79 Å². The first kappa shape index (κ1) is 8.92. The molecule has 2 aromatic rings. The molecule has 14 heavy (non-hydrogen) atoms. The largest absolute Gasteiger partial charge is 0.298 e. The van der Waals surface area contributed by atoms with E-state index in [9.17, 15) is 4.79 Å². The fraction of sp³-hybridized carbons (Fsp3) is 0.0909. The zero-order valence-corrected chi connectivity index (χ0v) is 8.39. The Morgan fingerprint density at radius 3 is 2.93 bits per heavy atom. The summed E-state index contributed by atoms with van der Waals surface area (Å²) >= 11 is 1.47. The molecule has 1 heterocycles. The Labute approximate surface area is 85.4 Å². The standard InChI is InChI=1S/C11H7NOS/c1-7-9-4-8(6-13)2-3-10(9)14-11(7)5-12/h2-4,6H,1H3. The molecule has 0 spiro atoms. The first-order chi connectivity index (χ1) is 6.76. The van der Waals surface area contributed by atoms with Gasteiger partial charge in [0.15, 0.2) is 0 Å². The summed E-state index contributed by atoms with van der Waals surface area (Å²) in [6, 6.07) is 7.64. The minimum absolute atomic E-state index is 0.655. The van der Waals surface area contributed by atoms with Crippen molar-refractivity contribution in [3.05, 3.63) is 34.2 Å². The van der Waals surface area contributed by atoms with E-state index in [-0.39, 0.29) is 0 Å². The van der Waals surface area contributed by atoms with Gasteiger partial charge in [0.05, 0.1) is 0 Å². The van der Waals surface area contributed by atoms with Crippen LogP contribution in [0.15, 0.2) is 18.2 Å². The minimum atomic E-state index is 0.655. The Balaban J connectivity index is 2.82. The number of carbonyl (C=O) groups is 1. The fourth-order valence-corrected chi connectivity index (χ4v) is 2.41. The SMILES string of the molecule is Cc1c(C#N)sc2ccc(C=O)cc12. The first-order valence-electron chi connectivity index (χ1n) is 4.14. The van der Waals surface area contributed by atoms with Crippen molar-refractivity contribution in [3.8, 4) is 6.07 Å². The van der Waals surface area contributed by atoms with Crippen molar-refractivity contribution >= 4 is 27.7 Å². The van der Waals surface area contributed by atoms with Gasteiger partial charge in [-0.2, -0.15) is 5.26 Å². The van der Waals surface area contributed by atoms with Crippen molar-refractivity contribution in [1.29, 1.82) is 5.26 Å². The molecule has 0 atom stereocenters. The molecule has 0 fully saturated rings. The molecule has 0 N–H and O–H groups in total. The van der Waals surface area contributed by atoms with E-state index in [2.05, 4.69) is 6.07 Å². The summed E-state index contributed by atoms with van der Waals surface area (Å²) in [5.74, 6) is 0.